The van der Waals surface area contributed by atoms with Crippen molar-refractivity contribution < 1.29 is 24.5 Å². The van der Waals surface area contributed by atoms with Crippen LogP contribution in [0.2, 0.25) is 0 Å². The summed E-state index contributed by atoms with van der Waals surface area (Å²) in [5.74, 6) is 0.504. The topological polar surface area (TPSA) is 88.0 Å². The van der Waals surface area contributed by atoms with Crippen LogP contribution in [0.4, 0.5) is 0 Å². The number of phenols is 2. The number of carbonyl (C=O) groups excluding carboxylic acids is 1. The molecule has 3 N–H and O–H groups in total. The number of rotatable bonds is 8. The minimum absolute atomic E-state index is 0.0182. The molecule has 0 aliphatic rings. The summed E-state index contributed by atoms with van der Waals surface area (Å²) in [5.41, 5.74) is 1.41. The summed E-state index contributed by atoms with van der Waals surface area (Å²) in [6.07, 6.45) is 0.233. The molecule has 0 aliphatic carbocycles. The molecule has 0 radical (unpaired) electrons. The molecule has 24 heavy (non-hydrogen) atoms. The molecular weight excluding hydrogens is 310 g/mol. The number of hydrogen-bond acceptors (Lipinski definition) is 5. The van der Waals surface area contributed by atoms with E-state index in [1.807, 2.05) is 24.3 Å². The van der Waals surface area contributed by atoms with Gasteiger partial charge in [-0.25, -0.2) is 0 Å². The van der Waals surface area contributed by atoms with Gasteiger partial charge in [-0.15, -0.1) is 0 Å². The maximum Gasteiger partial charge on any atom is 0.224 e. The van der Waals surface area contributed by atoms with Gasteiger partial charge in [0.2, 0.25) is 5.91 Å². The number of benzene rings is 2. The van der Waals surface area contributed by atoms with Gasteiger partial charge in [0.1, 0.15) is 23.9 Å². The van der Waals surface area contributed by atoms with Crippen molar-refractivity contribution in [1.29, 1.82) is 0 Å². The first-order valence-electron chi connectivity index (χ1n) is 7.56. The second kappa shape index (κ2) is 8.79. The zero-order chi connectivity index (χ0) is 17.4. The first-order chi connectivity index (χ1) is 11.6. The summed E-state index contributed by atoms with van der Waals surface area (Å²) >= 11 is 0. The molecule has 1 amide bonds. The molecule has 128 valence electrons. The first kappa shape index (κ1) is 17.6. The zero-order valence-corrected chi connectivity index (χ0v) is 13.5. The van der Waals surface area contributed by atoms with Crippen molar-refractivity contribution in [3.8, 4) is 17.2 Å². The lowest BCUT2D eigenvalue weighted by Gasteiger charge is -2.09. The molecule has 6 nitrogen and oxygen atoms in total. The molecule has 0 fully saturated rings. The number of methoxy groups -OCH3 is 1. The Labute approximate surface area is 140 Å². The molecule has 6 heteroatoms. The number of carbonyl (C=O) groups is 1. The van der Waals surface area contributed by atoms with Crippen LogP contribution in [0.15, 0.2) is 42.5 Å². The average Bonchev–Trinajstić information content (AvgIpc) is 2.56. The molecule has 2 aromatic rings. The number of hydrogen-bond donors (Lipinski definition) is 3. The third kappa shape index (κ3) is 5.48. The Bertz CT molecular complexity index is 670. The summed E-state index contributed by atoms with van der Waals surface area (Å²) in [6.45, 7) is 1.20. The van der Waals surface area contributed by atoms with E-state index in [2.05, 4.69) is 5.32 Å². The van der Waals surface area contributed by atoms with Gasteiger partial charge in [0.25, 0.3) is 0 Å². The largest absolute Gasteiger partial charge is 0.508 e. The summed E-state index contributed by atoms with van der Waals surface area (Å²) in [7, 11) is 1.61. The number of nitrogens with one attached hydrogen (secondary N) is 1. The molecule has 0 aromatic heterocycles. The molecule has 0 saturated heterocycles. The predicted molar refractivity (Wildman–Crippen MR) is 89.1 cm³/mol. The number of phenolic OH excluding ortho intramolecular Hbond substituents is 2. The van der Waals surface area contributed by atoms with Crippen LogP contribution in [0.5, 0.6) is 17.2 Å². The second-order valence-corrected chi connectivity index (χ2v) is 5.25. The van der Waals surface area contributed by atoms with Gasteiger partial charge in [0, 0.05) is 25.3 Å². The van der Waals surface area contributed by atoms with E-state index < -0.39 is 0 Å². The molecule has 0 heterocycles. The molecule has 2 aromatic carbocycles. The van der Waals surface area contributed by atoms with Crippen molar-refractivity contribution in [3.63, 3.8) is 0 Å². The third-order valence-electron chi connectivity index (χ3n) is 3.39. The lowest BCUT2D eigenvalue weighted by atomic mass is 10.1. The molecule has 2 rings (SSSR count). The van der Waals surface area contributed by atoms with Crippen molar-refractivity contribution in [3.05, 3.63) is 53.6 Å². The van der Waals surface area contributed by atoms with Gasteiger partial charge < -0.3 is 25.0 Å². The van der Waals surface area contributed by atoms with Crippen molar-refractivity contribution in [2.45, 2.75) is 13.0 Å². The van der Waals surface area contributed by atoms with Gasteiger partial charge in [-0.1, -0.05) is 12.1 Å². The highest BCUT2D eigenvalue weighted by Gasteiger charge is 2.07. The van der Waals surface area contributed by atoms with Crippen LogP contribution < -0.4 is 10.1 Å². The average molecular weight is 331 g/mol. The van der Waals surface area contributed by atoms with Crippen LogP contribution in [0.3, 0.4) is 0 Å². The summed E-state index contributed by atoms with van der Waals surface area (Å²) in [4.78, 5) is 12.0. The van der Waals surface area contributed by atoms with Crippen LogP contribution in [0.25, 0.3) is 0 Å². The van der Waals surface area contributed by atoms with E-state index in [-0.39, 0.29) is 30.4 Å². The zero-order valence-electron chi connectivity index (χ0n) is 13.5. The van der Waals surface area contributed by atoms with E-state index >= 15 is 0 Å². The van der Waals surface area contributed by atoms with Crippen molar-refractivity contribution >= 4 is 5.91 Å². The summed E-state index contributed by atoms with van der Waals surface area (Å²) < 4.78 is 10.4. The van der Waals surface area contributed by atoms with Gasteiger partial charge in [-0.05, 0) is 29.8 Å². The lowest BCUT2D eigenvalue weighted by Crippen LogP contribution is -2.24. The Morgan fingerprint density at radius 2 is 1.83 bits per heavy atom. The van der Waals surface area contributed by atoms with Gasteiger partial charge in [0.05, 0.1) is 13.0 Å². The van der Waals surface area contributed by atoms with E-state index in [1.165, 1.54) is 12.1 Å². The molecule has 0 spiro atoms. The van der Waals surface area contributed by atoms with Gasteiger partial charge in [-0.2, -0.15) is 0 Å². The Morgan fingerprint density at radius 1 is 1.08 bits per heavy atom. The fraction of sp³-hybridized carbons (Fsp3) is 0.278. The van der Waals surface area contributed by atoms with Crippen molar-refractivity contribution in [2.24, 2.45) is 0 Å². The first-order valence-corrected chi connectivity index (χ1v) is 7.56. The maximum absolute atomic E-state index is 12.0. The fourth-order valence-corrected chi connectivity index (χ4v) is 2.09. The van der Waals surface area contributed by atoms with Crippen molar-refractivity contribution in [1.82, 2.24) is 5.32 Å². The number of amides is 1. The SMILES string of the molecule is COCCOc1ccc(CC(=O)NCc2ccc(O)cc2O)cc1. The molecule has 0 atom stereocenters. The van der Waals surface area contributed by atoms with Crippen LogP contribution in [-0.4, -0.2) is 36.4 Å². The smallest absolute Gasteiger partial charge is 0.224 e. The molecular formula is C18H21NO5. The Balaban J connectivity index is 1.81. The van der Waals surface area contributed by atoms with E-state index in [4.69, 9.17) is 9.47 Å². The van der Waals surface area contributed by atoms with E-state index in [1.54, 1.807) is 13.2 Å². The number of ether oxygens (including phenoxy) is 2. The molecule has 0 bridgehead atoms. The Hall–Kier alpha value is -2.73. The second-order valence-electron chi connectivity index (χ2n) is 5.25. The van der Waals surface area contributed by atoms with Crippen LogP contribution in [-0.2, 0) is 22.5 Å². The normalized spacial score (nSPS) is 10.4. The van der Waals surface area contributed by atoms with E-state index in [0.717, 1.165) is 11.3 Å². The van der Waals surface area contributed by atoms with Crippen LogP contribution >= 0.6 is 0 Å². The monoisotopic (exact) mass is 331 g/mol. The van der Waals surface area contributed by atoms with Crippen molar-refractivity contribution in [2.75, 3.05) is 20.3 Å². The number of aromatic hydroxyl groups is 2. The van der Waals surface area contributed by atoms with Gasteiger partial charge in [-0.3, -0.25) is 4.79 Å². The summed E-state index contributed by atoms with van der Waals surface area (Å²) in [6, 6.07) is 11.6. The molecule has 0 unspecified atom stereocenters. The quantitative estimate of drug-likeness (QED) is 0.644. The third-order valence-corrected chi connectivity index (χ3v) is 3.39. The van der Waals surface area contributed by atoms with Crippen LogP contribution in [0, 0.1) is 0 Å². The highest BCUT2D eigenvalue weighted by Crippen LogP contribution is 2.22. The standard InChI is InChI=1S/C18H21NO5/c1-23-8-9-24-16-6-2-13(3-7-16)10-18(22)19-12-14-4-5-15(20)11-17(14)21/h2-7,11,20-21H,8-10,12H2,1H3,(H,19,22). The minimum Gasteiger partial charge on any atom is -0.508 e. The Kier molecular flexibility index (Phi) is 6.45. The van der Waals surface area contributed by atoms with Crippen LogP contribution in [0.1, 0.15) is 11.1 Å². The highest BCUT2D eigenvalue weighted by molar-refractivity contribution is 5.78. The van der Waals surface area contributed by atoms with E-state index in [0.29, 0.717) is 18.8 Å². The minimum atomic E-state index is -0.157. The van der Waals surface area contributed by atoms with Gasteiger partial charge in [0.15, 0.2) is 0 Å². The Morgan fingerprint density at radius 3 is 2.50 bits per heavy atom. The van der Waals surface area contributed by atoms with E-state index in [9.17, 15) is 15.0 Å². The molecule has 0 aliphatic heterocycles. The maximum atomic E-state index is 12.0. The predicted octanol–water partition coefficient (Wildman–Crippen LogP) is 1.98. The lowest BCUT2D eigenvalue weighted by molar-refractivity contribution is -0.120. The molecule has 0 saturated carbocycles. The fourth-order valence-electron chi connectivity index (χ4n) is 2.09. The highest BCUT2D eigenvalue weighted by atomic mass is 16.5. The summed E-state index contributed by atoms with van der Waals surface area (Å²) in [5, 5.41) is 21.7. The van der Waals surface area contributed by atoms with Gasteiger partial charge >= 0.3 is 0 Å².